The zero-order valence-electron chi connectivity index (χ0n) is 20.8. The summed E-state index contributed by atoms with van der Waals surface area (Å²) in [6, 6.07) is 8.29. The van der Waals surface area contributed by atoms with Crippen LogP contribution in [0.5, 0.6) is 0 Å². The SMILES string of the molecule is C[C@H](NC(=O)c1c(N)ncn2ccnc12)c1nc2n[nH]c(C#Cc3cnn(C)c3)c2c(=O)n1-c1ccccc1. The number of nitrogen functional groups attached to an aromatic ring is 1. The van der Waals surface area contributed by atoms with Gasteiger partial charge < -0.3 is 11.1 Å². The predicted octanol–water partition coefficient (Wildman–Crippen LogP) is 1.36. The van der Waals surface area contributed by atoms with E-state index in [2.05, 4.69) is 47.4 Å². The number of imidazole rings is 1. The summed E-state index contributed by atoms with van der Waals surface area (Å²) < 4.78 is 4.67. The van der Waals surface area contributed by atoms with Crippen molar-refractivity contribution >= 4 is 28.4 Å². The molecule has 0 fully saturated rings. The van der Waals surface area contributed by atoms with Gasteiger partial charge in [-0.15, -0.1) is 0 Å². The summed E-state index contributed by atoms with van der Waals surface area (Å²) >= 11 is 0. The number of nitrogens with zero attached hydrogens (tertiary/aromatic N) is 8. The molecule has 0 spiro atoms. The zero-order valence-corrected chi connectivity index (χ0v) is 20.8. The fourth-order valence-electron chi connectivity index (χ4n) is 4.27. The van der Waals surface area contributed by atoms with Crippen molar-refractivity contribution in [1.82, 2.24) is 49.2 Å². The average molecular weight is 520 g/mol. The monoisotopic (exact) mass is 519 g/mol. The van der Waals surface area contributed by atoms with E-state index in [1.165, 1.54) is 10.9 Å². The van der Waals surface area contributed by atoms with Gasteiger partial charge in [-0.05, 0) is 25.0 Å². The van der Waals surface area contributed by atoms with E-state index >= 15 is 0 Å². The number of carbonyl (C=O) groups is 1. The average Bonchev–Trinajstić information content (AvgIpc) is 3.67. The molecule has 0 aliphatic carbocycles. The first-order valence-corrected chi connectivity index (χ1v) is 11.9. The number of aryl methyl sites for hydroxylation is 1. The maximum Gasteiger partial charge on any atom is 0.270 e. The minimum Gasteiger partial charge on any atom is -0.383 e. The molecular formula is C26H21N11O2. The van der Waals surface area contributed by atoms with Gasteiger partial charge in [-0.25, -0.2) is 15.0 Å². The molecule has 6 rings (SSSR count). The number of fused-ring (bicyclic) bond motifs is 2. The van der Waals surface area contributed by atoms with Crippen LogP contribution in [0.1, 0.15) is 40.4 Å². The first kappa shape index (κ1) is 23.6. The van der Waals surface area contributed by atoms with Gasteiger partial charge in [0.25, 0.3) is 11.5 Å². The second-order valence-electron chi connectivity index (χ2n) is 8.75. The number of rotatable bonds is 4. The Labute approximate surface area is 220 Å². The Morgan fingerprint density at radius 2 is 2.00 bits per heavy atom. The molecule has 0 aliphatic rings. The van der Waals surface area contributed by atoms with Gasteiger partial charge in [0.2, 0.25) is 0 Å². The highest BCUT2D eigenvalue weighted by atomic mass is 16.2. The van der Waals surface area contributed by atoms with Gasteiger partial charge in [0, 0.05) is 25.6 Å². The van der Waals surface area contributed by atoms with E-state index < -0.39 is 11.9 Å². The zero-order chi connectivity index (χ0) is 27.1. The number of H-pyrrole nitrogens is 1. The first-order valence-electron chi connectivity index (χ1n) is 11.9. The molecule has 4 N–H and O–H groups in total. The quantitative estimate of drug-likeness (QED) is 0.294. The Morgan fingerprint density at radius 1 is 1.18 bits per heavy atom. The van der Waals surface area contributed by atoms with Crippen LogP contribution in [0.25, 0.3) is 22.4 Å². The third-order valence-electron chi connectivity index (χ3n) is 6.10. The number of nitrogens with one attached hydrogen (secondary N) is 2. The van der Waals surface area contributed by atoms with E-state index in [-0.39, 0.29) is 33.8 Å². The number of amides is 1. The molecule has 1 aromatic carbocycles. The molecule has 0 unspecified atom stereocenters. The summed E-state index contributed by atoms with van der Waals surface area (Å²) in [5.41, 5.74) is 7.88. The third-order valence-corrected chi connectivity index (χ3v) is 6.10. The highest BCUT2D eigenvalue weighted by molar-refractivity contribution is 6.04. The van der Waals surface area contributed by atoms with Gasteiger partial charge >= 0.3 is 0 Å². The van der Waals surface area contributed by atoms with Gasteiger partial charge in [-0.3, -0.25) is 28.3 Å². The van der Waals surface area contributed by atoms with Crippen LogP contribution in [0, 0.1) is 11.8 Å². The number of hydrogen-bond acceptors (Lipinski definition) is 8. The maximum atomic E-state index is 13.9. The number of benzene rings is 1. The molecule has 1 amide bonds. The molecule has 5 heterocycles. The molecular weight excluding hydrogens is 498 g/mol. The van der Waals surface area contributed by atoms with E-state index in [1.54, 1.807) is 60.0 Å². The number of para-hydroxylation sites is 1. The molecule has 13 heteroatoms. The Balaban J connectivity index is 1.46. The first-order chi connectivity index (χ1) is 18.9. The molecule has 0 radical (unpaired) electrons. The fraction of sp³-hybridized carbons (Fsp3) is 0.115. The van der Waals surface area contributed by atoms with Crippen molar-refractivity contribution in [3.05, 3.63) is 94.4 Å². The number of anilines is 1. The van der Waals surface area contributed by atoms with Crippen molar-refractivity contribution in [2.24, 2.45) is 7.05 Å². The lowest BCUT2D eigenvalue weighted by Crippen LogP contribution is -2.34. The van der Waals surface area contributed by atoms with Crippen molar-refractivity contribution in [2.75, 3.05) is 5.73 Å². The Bertz CT molecular complexity index is 1990. The summed E-state index contributed by atoms with van der Waals surface area (Å²) in [5, 5.41) is 14.3. The third kappa shape index (κ3) is 4.15. The van der Waals surface area contributed by atoms with Gasteiger partial charge in [-0.2, -0.15) is 10.2 Å². The van der Waals surface area contributed by atoms with Crippen LogP contribution >= 0.6 is 0 Å². The van der Waals surface area contributed by atoms with Crippen molar-refractivity contribution in [2.45, 2.75) is 13.0 Å². The van der Waals surface area contributed by atoms with Crippen LogP contribution < -0.4 is 16.6 Å². The molecule has 0 aliphatic heterocycles. The Morgan fingerprint density at radius 3 is 2.77 bits per heavy atom. The standard InChI is InChI=1S/C26H21N11O2/c1-15(31-25(38)20-21(27)29-14-36-11-10-28-24(20)36)23-32-22-19(26(39)37(23)17-6-4-3-5-7-17)18(33-34-22)9-8-16-12-30-35(2)13-16/h3-7,10-15H,27H2,1-2H3,(H,31,38)(H,33,34)/t15-/m0/s1. The molecule has 6 aromatic rings. The van der Waals surface area contributed by atoms with Crippen molar-refractivity contribution in [1.29, 1.82) is 0 Å². The van der Waals surface area contributed by atoms with Gasteiger partial charge in [0.15, 0.2) is 11.3 Å². The lowest BCUT2D eigenvalue weighted by atomic mass is 10.2. The summed E-state index contributed by atoms with van der Waals surface area (Å²) in [6.07, 6.45) is 8.08. The van der Waals surface area contributed by atoms with E-state index in [1.807, 2.05) is 18.2 Å². The Kier molecular flexibility index (Phi) is 5.61. The molecule has 39 heavy (non-hydrogen) atoms. The largest absolute Gasteiger partial charge is 0.383 e. The van der Waals surface area contributed by atoms with Crippen LogP contribution in [0.3, 0.4) is 0 Å². The molecule has 192 valence electrons. The van der Waals surface area contributed by atoms with Crippen molar-refractivity contribution in [3.8, 4) is 17.5 Å². The second kappa shape index (κ2) is 9.27. The number of hydrogen-bond donors (Lipinski definition) is 3. The number of aromatic nitrogens is 9. The Hall–Kier alpha value is -5.77. The minimum atomic E-state index is -0.731. The van der Waals surface area contributed by atoms with E-state index in [0.717, 1.165) is 0 Å². The minimum absolute atomic E-state index is 0.0337. The van der Waals surface area contributed by atoms with Crippen LogP contribution in [-0.2, 0) is 7.05 Å². The van der Waals surface area contributed by atoms with Crippen molar-refractivity contribution in [3.63, 3.8) is 0 Å². The van der Waals surface area contributed by atoms with Crippen LogP contribution in [-0.4, -0.2) is 49.8 Å². The van der Waals surface area contributed by atoms with E-state index in [4.69, 9.17) is 5.73 Å². The molecule has 0 saturated carbocycles. The molecule has 13 nitrogen and oxygen atoms in total. The maximum absolute atomic E-state index is 13.9. The highest BCUT2D eigenvalue weighted by Crippen LogP contribution is 2.21. The number of nitrogens with two attached hydrogens (primary N) is 1. The normalized spacial score (nSPS) is 11.8. The van der Waals surface area contributed by atoms with Gasteiger partial charge in [0.05, 0.1) is 23.5 Å². The van der Waals surface area contributed by atoms with Crippen molar-refractivity contribution < 1.29 is 4.79 Å². The summed E-state index contributed by atoms with van der Waals surface area (Å²) in [6.45, 7) is 1.72. The summed E-state index contributed by atoms with van der Waals surface area (Å²) in [7, 11) is 1.79. The van der Waals surface area contributed by atoms with Gasteiger partial charge in [-0.1, -0.05) is 24.1 Å². The highest BCUT2D eigenvalue weighted by Gasteiger charge is 2.25. The van der Waals surface area contributed by atoms with Crippen LogP contribution in [0.15, 0.2) is 66.2 Å². The lowest BCUT2D eigenvalue weighted by molar-refractivity contribution is 0.0939. The van der Waals surface area contributed by atoms with E-state index in [9.17, 15) is 9.59 Å². The smallest absolute Gasteiger partial charge is 0.270 e. The number of aromatic amines is 1. The predicted molar refractivity (Wildman–Crippen MR) is 142 cm³/mol. The fourth-order valence-corrected chi connectivity index (χ4v) is 4.27. The summed E-state index contributed by atoms with van der Waals surface area (Å²) in [5.74, 6) is 5.74. The number of carbonyl (C=O) groups excluding carboxylic acids is 1. The lowest BCUT2D eigenvalue weighted by Gasteiger charge is -2.19. The second-order valence-corrected chi connectivity index (χ2v) is 8.75. The molecule has 0 saturated heterocycles. The molecule has 0 bridgehead atoms. The van der Waals surface area contributed by atoms with Crippen LogP contribution in [0.4, 0.5) is 5.82 Å². The molecule has 1 atom stereocenters. The summed E-state index contributed by atoms with van der Waals surface area (Å²) in [4.78, 5) is 40.2. The van der Waals surface area contributed by atoms with Gasteiger partial charge in [0.1, 0.15) is 34.6 Å². The topological polar surface area (TPSA) is 167 Å². The van der Waals surface area contributed by atoms with Crippen LogP contribution in [0.2, 0.25) is 0 Å². The molecule has 5 aromatic heterocycles. The van der Waals surface area contributed by atoms with E-state index in [0.29, 0.717) is 22.6 Å².